The number of benzene rings is 4. The van der Waals surface area contributed by atoms with Crippen molar-refractivity contribution in [3.63, 3.8) is 0 Å². The summed E-state index contributed by atoms with van der Waals surface area (Å²) in [5.74, 6) is -0.336. The van der Waals surface area contributed by atoms with E-state index in [-0.39, 0.29) is 29.0 Å². The molecule has 9 nitrogen and oxygen atoms in total. The highest BCUT2D eigenvalue weighted by Gasteiger charge is 2.15. The number of nitrogens with one attached hydrogen (secondary N) is 3. The van der Waals surface area contributed by atoms with Gasteiger partial charge in [-0.25, -0.2) is 10.4 Å². The predicted octanol–water partition coefficient (Wildman–Crippen LogP) is 7.65. The SMILES string of the molecule is COc1cc(/C=N/NC(=O)c2ccc(-c3csc(Nc4ccccc4)n3)cc2)cc(Cl)c1OCC(=O)Nc1ccccc1Cl. The van der Waals surface area contributed by atoms with E-state index in [1.807, 2.05) is 47.8 Å². The van der Waals surface area contributed by atoms with Gasteiger partial charge in [-0.3, -0.25) is 9.59 Å². The molecule has 0 radical (unpaired) electrons. The van der Waals surface area contributed by atoms with Crippen molar-refractivity contribution in [1.29, 1.82) is 0 Å². The summed E-state index contributed by atoms with van der Waals surface area (Å²) in [7, 11) is 1.45. The minimum Gasteiger partial charge on any atom is -0.493 e. The van der Waals surface area contributed by atoms with E-state index in [1.54, 1.807) is 48.5 Å². The summed E-state index contributed by atoms with van der Waals surface area (Å²) in [6, 6.07) is 26.9. The number of hydrogen-bond donors (Lipinski definition) is 3. The van der Waals surface area contributed by atoms with Crippen LogP contribution >= 0.6 is 34.5 Å². The van der Waals surface area contributed by atoms with Gasteiger partial charge in [-0.05, 0) is 54.1 Å². The van der Waals surface area contributed by atoms with Crippen molar-refractivity contribution in [2.75, 3.05) is 24.4 Å². The summed E-state index contributed by atoms with van der Waals surface area (Å²) in [6.07, 6.45) is 1.42. The van der Waals surface area contributed by atoms with Crippen molar-refractivity contribution in [3.05, 3.63) is 118 Å². The molecule has 5 rings (SSSR count). The number of hydrogen-bond acceptors (Lipinski definition) is 8. The molecule has 0 aliphatic heterocycles. The summed E-state index contributed by atoms with van der Waals surface area (Å²) >= 11 is 14.0. The van der Waals surface area contributed by atoms with Crippen LogP contribution < -0.4 is 25.5 Å². The van der Waals surface area contributed by atoms with Crippen molar-refractivity contribution >= 4 is 69.1 Å². The van der Waals surface area contributed by atoms with E-state index in [9.17, 15) is 9.59 Å². The first kappa shape index (κ1) is 30.6. The average Bonchev–Trinajstić information content (AvgIpc) is 3.50. The summed E-state index contributed by atoms with van der Waals surface area (Å²) in [5, 5.41) is 13.3. The van der Waals surface area contributed by atoms with Crippen molar-refractivity contribution in [2.24, 2.45) is 5.10 Å². The monoisotopic (exact) mass is 645 g/mol. The molecule has 44 heavy (non-hydrogen) atoms. The van der Waals surface area contributed by atoms with Gasteiger partial charge in [-0.15, -0.1) is 11.3 Å². The molecule has 0 aliphatic carbocycles. The lowest BCUT2D eigenvalue weighted by Crippen LogP contribution is -2.20. The third-order valence-electron chi connectivity index (χ3n) is 6.10. The second-order valence-electron chi connectivity index (χ2n) is 9.16. The summed E-state index contributed by atoms with van der Waals surface area (Å²) in [4.78, 5) is 29.6. The second kappa shape index (κ2) is 14.5. The molecule has 1 heterocycles. The molecule has 0 saturated heterocycles. The number of amides is 2. The Morgan fingerprint density at radius 2 is 1.70 bits per heavy atom. The highest BCUT2D eigenvalue weighted by atomic mass is 35.5. The zero-order chi connectivity index (χ0) is 30.9. The molecule has 0 spiro atoms. The van der Waals surface area contributed by atoms with Crippen LogP contribution in [0.5, 0.6) is 11.5 Å². The van der Waals surface area contributed by atoms with E-state index in [2.05, 4.69) is 26.1 Å². The largest absolute Gasteiger partial charge is 0.493 e. The van der Waals surface area contributed by atoms with Gasteiger partial charge in [0.1, 0.15) is 0 Å². The third kappa shape index (κ3) is 7.93. The van der Waals surface area contributed by atoms with Crippen LogP contribution in [0.1, 0.15) is 15.9 Å². The smallest absolute Gasteiger partial charge is 0.271 e. The topological polar surface area (TPSA) is 114 Å². The van der Waals surface area contributed by atoms with E-state index in [0.29, 0.717) is 21.8 Å². The van der Waals surface area contributed by atoms with Gasteiger partial charge in [-0.2, -0.15) is 5.10 Å². The van der Waals surface area contributed by atoms with E-state index in [1.165, 1.54) is 24.7 Å². The average molecular weight is 647 g/mol. The number of nitrogens with zero attached hydrogens (tertiary/aromatic N) is 2. The molecule has 222 valence electrons. The Morgan fingerprint density at radius 3 is 2.45 bits per heavy atom. The standard InChI is InChI=1S/C32H25Cl2N5O4S/c1-42-28-16-20(15-25(34)30(28)43-18-29(40)37-26-10-6-5-9-24(26)33)17-35-39-31(41)22-13-11-21(12-14-22)27-19-44-32(38-27)36-23-7-3-2-4-8-23/h2-17,19H,18H2,1H3,(H,36,38)(H,37,40)(H,39,41)/b35-17+. The number of carbonyl (C=O) groups is 2. The fraction of sp³-hybridized carbons (Fsp3) is 0.0625. The maximum atomic E-state index is 12.7. The molecule has 0 fully saturated rings. The van der Waals surface area contributed by atoms with Gasteiger partial charge >= 0.3 is 0 Å². The van der Waals surface area contributed by atoms with Crippen molar-refractivity contribution in [1.82, 2.24) is 10.4 Å². The molecule has 12 heteroatoms. The third-order valence-corrected chi connectivity index (χ3v) is 7.47. The van der Waals surface area contributed by atoms with Gasteiger partial charge in [-0.1, -0.05) is 65.7 Å². The van der Waals surface area contributed by atoms with Crippen molar-refractivity contribution < 1.29 is 19.1 Å². The number of halogens is 2. The van der Waals surface area contributed by atoms with E-state index in [4.69, 9.17) is 32.7 Å². The molecule has 1 aromatic heterocycles. The summed E-state index contributed by atoms with van der Waals surface area (Å²) in [5.41, 5.74) is 6.59. The number of methoxy groups -OCH3 is 1. The lowest BCUT2D eigenvalue weighted by Gasteiger charge is -2.13. The molecular weight excluding hydrogens is 621 g/mol. The van der Waals surface area contributed by atoms with Gasteiger partial charge in [0.25, 0.3) is 11.8 Å². The number of thiazole rings is 1. The molecule has 4 aromatic carbocycles. The summed E-state index contributed by atoms with van der Waals surface area (Å²) in [6.45, 7) is -0.322. The van der Waals surface area contributed by atoms with Gasteiger partial charge in [0, 0.05) is 22.2 Å². The quantitative estimate of drug-likeness (QED) is 0.100. The van der Waals surface area contributed by atoms with Crippen molar-refractivity contribution in [2.45, 2.75) is 0 Å². The van der Waals surface area contributed by atoms with E-state index in [0.717, 1.165) is 22.1 Å². The number of para-hydroxylation sites is 2. The number of ether oxygens (including phenoxy) is 2. The van der Waals surface area contributed by atoms with Gasteiger partial charge < -0.3 is 20.1 Å². The molecule has 0 bridgehead atoms. The lowest BCUT2D eigenvalue weighted by molar-refractivity contribution is -0.118. The molecule has 0 aliphatic rings. The Hall–Kier alpha value is -4.90. The first-order valence-corrected chi connectivity index (χ1v) is 14.8. The first-order valence-electron chi connectivity index (χ1n) is 13.2. The fourth-order valence-electron chi connectivity index (χ4n) is 3.97. The van der Waals surface area contributed by atoms with Crippen LogP contribution in [0.25, 0.3) is 11.3 Å². The highest BCUT2D eigenvalue weighted by molar-refractivity contribution is 7.14. The number of rotatable bonds is 11. The maximum Gasteiger partial charge on any atom is 0.271 e. The molecular formula is C32H25Cl2N5O4S. The van der Waals surface area contributed by atoms with E-state index >= 15 is 0 Å². The van der Waals surface area contributed by atoms with E-state index < -0.39 is 5.91 Å². The Bertz CT molecular complexity index is 1800. The lowest BCUT2D eigenvalue weighted by atomic mass is 10.1. The minimum absolute atomic E-state index is 0.188. The van der Waals surface area contributed by atoms with Crippen LogP contribution in [0.3, 0.4) is 0 Å². The van der Waals surface area contributed by atoms with Crippen molar-refractivity contribution in [3.8, 4) is 22.8 Å². The Balaban J connectivity index is 1.16. The number of carbonyl (C=O) groups excluding carboxylic acids is 2. The van der Waals surface area contributed by atoms with Crippen LogP contribution in [-0.2, 0) is 4.79 Å². The molecule has 0 atom stereocenters. The maximum absolute atomic E-state index is 12.7. The van der Waals surface area contributed by atoms with Gasteiger partial charge in [0.2, 0.25) is 0 Å². The summed E-state index contributed by atoms with van der Waals surface area (Å²) < 4.78 is 11.0. The normalized spacial score (nSPS) is 10.8. The Morgan fingerprint density at radius 1 is 0.955 bits per heavy atom. The van der Waals surface area contributed by atoms with Gasteiger partial charge in [0.05, 0.1) is 34.8 Å². The molecule has 0 saturated carbocycles. The number of anilines is 3. The minimum atomic E-state index is -0.422. The molecule has 5 aromatic rings. The van der Waals surface area contributed by atoms with Crippen LogP contribution in [0.2, 0.25) is 10.0 Å². The van der Waals surface area contributed by atoms with Gasteiger partial charge in [0.15, 0.2) is 23.2 Å². The zero-order valence-corrected chi connectivity index (χ0v) is 25.5. The van der Waals surface area contributed by atoms with Crippen LogP contribution in [0, 0.1) is 0 Å². The second-order valence-corrected chi connectivity index (χ2v) is 10.8. The molecule has 2 amide bonds. The number of hydrazone groups is 1. The molecule has 3 N–H and O–H groups in total. The first-order chi connectivity index (χ1) is 21.4. The fourth-order valence-corrected chi connectivity index (χ4v) is 5.17. The number of aromatic nitrogens is 1. The Labute approximate surface area is 267 Å². The van der Waals surface area contributed by atoms with Crippen LogP contribution in [0.4, 0.5) is 16.5 Å². The zero-order valence-electron chi connectivity index (χ0n) is 23.2. The molecule has 0 unspecified atom stereocenters. The Kier molecular flexibility index (Phi) is 10.1. The van der Waals surface area contributed by atoms with Crippen LogP contribution in [0.15, 0.2) is 101 Å². The van der Waals surface area contributed by atoms with Crippen LogP contribution in [-0.4, -0.2) is 36.7 Å². The highest BCUT2D eigenvalue weighted by Crippen LogP contribution is 2.36. The predicted molar refractivity (Wildman–Crippen MR) is 176 cm³/mol.